The minimum atomic E-state index is -3.81. The lowest BCUT2D eigenvalue weighted by Gasteiger charge is -2.12. The zero-order chi connectivity index (χ0) is 19.7. The van der Waals surface area contributed by atoms with E-state index in [4.69, 9.17) is 0 Å². The topological polar surface area (TPSA) is 84.8 Å². The van der Waals surface area contributed by atoms with E-state index in [2.05, 4.69) is 35.6 Å². The number of sulfonamides is 1. The number of nitrogens with one attached hydrogen (secondary N) is 1. The molecule has 0 fully saturated rings. The summed E-state index contributed by atoms with van der Waals surface area (Å²) in [5.74, 6) is 0.622. The molecule has 0 aliphatic rings. The predicted molar refractivity (Wildman–Crippen MR) is 112 cm³/mol. The summed E-state index contributed by atoms with van der Waals surface area (Å²) in [5, 5.41) is 0.827. The van der Waals surface area contributed by atoms with Crippen LogP contribution in [0.1, 0.15) is 5.82 Å². The lowest BCUT2D eigenvalue weighted by Crippen LogP contribution is -2.13. The molecule has 0 aliphatic carbocycles. The van der Waals surface area contributed by atoms with E-state index in [1.54, 1.807) is 61.8 Å². The first-order valence-electron chi connectivity index (χ1n) is 8.40. The van der Waals surface area contributed by atoms with Crippen LogP contribution in [0.3, 0.4) is 0 Å². The fraction of sp³-hybridized carbons (Fsp3) is 0.0500. The van der Waals surface area contributed by atoms with Gasteiger partial charge in [0.15, 0.2) is 0 Å². The van der Waals surface area contributed by atoms with Gasteiger partial charge >= 0.3 is 0 Å². The molecule has 2 aromatic heterocycles. The van der Waals surface area contributed by atoms with Gasteiger partial charge in [0, 0.05) is 27.8 Å². The number of fused-ring (bicyclic) bond motifs is 1. The van der Waals surface area contributed by atoms with Crippen LogP contribution in [0.15, 0.2) is 76.4 Å². The monoisotopic (exact) mass is 454 g/mol. The highest BCUT2D eigenvalue weighted by Gasteiger charge is 2.17. The van der Waals surface area contributed by atoms with Crippen LogP contribution >= 0.6 is 15.9 Å². The molecule has 0 unspecified atom stereocenters. The molecule has 6 nitrogen and oxygen atoms in total. The fourth-order valence-electron chi connectivity index (χ4n) is 2.86. The van der Waals surface area contributed by atoms with Crippen molar-refractivity contribution in [3.63, 3.8) is 0 Å². The molecule has 0 atom stereocenters. The normalized spacial score (nSPS) is 11.5. The summed E-state index contributed by atoms with van der Waals surface area (Å²) in [6.07, 6.45) is 3.28. The smallest absolute Gasteiger partial charge is 0.261 e. The SMILES string of the molecule is Cc1nccc(-c2cccc(S(=O)(=O)Nc3ccc(Br)c4cccnc34)c2)n1. The standard InChI is InChI=1S/C20H15BrN4O2S/c1-13-22-11-9-18(24-13)14-4-2-5-15(12-14)28(26,27)25-19-8-7-17(21)16-6-3-10-23-20(16)19/h2-12,25H,1H3. The van der Waals surface area contributed by atoms with Crippen molar-refractivity contribution in [1.82, 2.24) is 15.0 Å². The summed E-state index contributed by atoms with van der Waals surface area (Å²) in [7, 11) is -3.81. The fourth-order valence-corrected chi connectivity index (χ4v) is 4.43. The quantitative estimate of drug-likeness (QED) is 0.488. The van der Waals surface area contributed by atoms with Gasteiger partial charge < -0.3 is 0 Å². The molecule has 0 saturated heterocycles. The third-order valence-electron chi connectivity index (χ3n) is 4.18. The number of nitrogens with zero attached hydrogens (tertiary/aromatic N) is 3. The summed E-state index contributed by atoms with van der Waals surface area (Å²) < 4.78 is 29.5. The second kappa shape index (κ2) is 7.29. The van der Waals surface area contributed by atoms with Crippen LogP contribution in [-0.2, 0) is 10.0 Å². The maximum atomic E-state index is 13.0. The first-order chi connectivity index (χ1) is 13.4. The van der Waals surface area contributed by atoms with Crippen molar-refractivity contribution in [3.05, 3.63) is 77.3 Å². The Hall–Kier alpha value is -2.84. The van der Waals surface area contributed by atoms with Crippen molar-refractivity contribution in [2.45, 2.75) is 11.8 Å². The summed E-state index contributed by atoms with van der Waals surface area (Å²) in [5.41, 5.74) is 2.36. The molecule has 2 aromatic carbocycles. The average Bonchev–Trinajstić information content (AvgIpc) is 2.70. The van der Waals surface area contributed by atoms with Gasteiger partial charge in [-0.05, 0) is 43.3 Å². The molecular weight excluding hydrogens is 440 g/mol. The molecule has 0 bridgehead atoms. The number of halogens is 1. The number of benzene rings is 2. The van der Waals surface area contributed by atoms with Crippen molar-refractivity contribution in [1.29, 1.82) is 0 Å². The van der Waals surface area contributed by atoms with Gasteiger partial charge in [-0.1, -0.05) is 34.1 Å². The van der Waals surface area contributed by atoms with Crippen LogP contribution < -0.4 is 4.72 Å². The van der Waals surface area contributed by atoms with E-state index in [0.717, 1.165) is 9.86 Å². The number of aryl methyl sites for hydroxylation is 1. The van der Waals surface area contributed by atoms with E-state index >= 15 is 0 Å². The van der Waals surface area contributed by atoms with E-state index in [1.807, 2.05) is 12.1 Å². The van der Waals surface area contributed by atoms with Gasteiger partial charge in [-0.25, -0.2) is 18.4 Å². The third kappa shape index (κ3) is 3.61. The molecule has 0 spiro atoms. The third-order valence-corrected chi connectivity index (χ3v) is 6.23. The Balaban J connectivity index is 1.74. The molecule has 4 rings (SSSR count). The molecule has 0 radical (unpaired) electrons. The number of anilines is 1. The molecule has 0 amide bonds. The Morgan fingerprint density at radius 3 is 2.64 bits per heavy atom. The van der Waals surface area contributed by atoms with Gasteiger partial charge in [0.2, 0.25) is 0 Å². The van der Waals surface area contributed by atoms with Crippen LogP contribution in [0.25, 0.3) is 22.2 Å². The van der Waals surface area contributed by atoms with Gasteiger partial charge in [-0.3, -0.25) is 9.71 Å². The summed E-state index contributed by atoms with van der Waals surface area (Å²) in [6, 6.07) is 15.6. The first-order valence-corrected chi connectivity index (χ1v) is 10.7. The summed E-state index contributed by atoms with van der Waals surface area (Å²) >= 11 is 3.47. The molecule has 0 saturated carbocycles. The minimum absolute atomic E-state index is 0.147. The lowest BCUT2D eigenvalue weighted by molar-refractivity contribution is 0.601. The number of aromatic nitrogens is 3. The average molecular weight is 455 g/mol. The van der Waals surface area contributed by atoms with Crippen molar-refractivity contribution < 1.29 is 8.42 Å². The molecular formula is C20H15BrN4O2S. The number of pyridine rings is 1. The highest BCUT2D eigenvalue weighted by Crippen LogP contribution is 2.30. The van der Waals surface area contributed by atoms with Gasteiger partial charge in [0.05, 0.1) is 21.8 Å². The van der Waals surface area contributed by atoms with Crippen LogP contribution in [0.2, 0.25) is 0 Å². The van der Waals surface area contributed by atoms with E-state index in [0.29, 0.717) is 28.3 Å². The van der Waals surface area contributed by atoms with Gasteiger partial charge in [0.1, 0.15) is 5.82 Å². The second-order valence-corrected chi connectivity index (χ2v) is 8.65. The Labute approximate surface area is 170 Å². The molecule has 2 heterocycles. The predicted octanol–water partition coefficient (Wildman–Crippen LogP) is 4.56. The molecule has 4 aromatic rings. The van der Waals surface area contributed by atoms with Crippen molar-refractivity contribution in [2.75, 3.05) is 4.72 Å². The Bertz CT molecular complexity index is 1290. The molecule has 140 valence electrons. The summed E-state index contributed by atoms with van der Waals surface area (Å²) in [6.45, 7) is 1.79. The first kappa shape index (κ1) is 18.5. The van der Waals surface area contributed by atoms with Gasteiger partial charge in [-0.2, -0.15) is 0 Å². The lowest BCUT2D eigenvalue weighted by atomic mass is 10.1. The Morgan fingerprint density at radius 2 is 1.82 bits per heavy atom. The highest BCUT2D eigenvalue weighted by atomic mass is 79.9. The van der Waals surface area contributed by atoms with Crippen LogP contribution in [0.5, 0.6) is 0 Å². The number of hydrogen-bond acceptors (Lipinski definition) is 5. The number of rotatable bonds is 4. The maximum absolute atomic E-state index is 13.0. The van der Waals surface area contributed by atoms with Crippen LogP contribution in [0.4, 0.5) is 5.69 Å². The number of hydrogen-bond donors (Lipinski definition) is 1. The van der Waals surface area contributed by atoms with Crippen molar-refractivity contribution >= 4 is 42.5 Å². The molecule has 8 heteroatoms. The Kier molecular flexibility index (Phi) is 4.82. The van der Waals surface area contributed by atoms with Crippen LogP contribution in [-0.4, -0.2) is 23.4 Å². The van der Waals surface area contributed by atoms with Gasteiger partial charge in [-0.15, -0.1) is 0 Å². The van der Waals surface area contributed by atoms with Crippen molar-refractivity contribution in [2.24, 2.45) is 0 Å². The van der Waals surface area contributed by atoms with E-state index in [9.17, 15) is 8.42 Å². The molecule has 28 heavy (non-hydrogen) atoms. The second-order valence-electron chi connectivity index (χ2n) is 6.12. The molecule has 1 N–H and O–H groups in total. The van der Waals surface area contributed by atoms with Crippen molar-refractivity contribution in [3.8, 4) is 11.3 Å². The zero-order valence-corrected chi connectivity index (χ0v) is 17.2. The Morgan fingerprint density at radius 1 is 0.964 bits per heavy atom. The highest BCUT2D eigenvalue weighted by molar-refractivity contribution is 9.10. The van der Waals surface area contributed by atoms with E-state index in [-0.39, 0.29) is 4.90 Å². The van der Waals surface area contributed by atoms with Gasteiger partial charge in [0.25, 0.3) is 10.0 Å². The van der Waals surface area contributed by atoms with E-state index < -0.39 is 10.0 Å². The maximum Gasteiger partial charge on any atom is 0.261 e. The molecule has 0 aliphatic heterocycles. The minimum Gasteiger partial charge on any atom is -0.277 e. The summed E-state index contributed by atoms with van der Waals surface area (Å²) in [4.78, 5) is 12.9. The van der Waals surface area contributed by atoms with E-state index in [1.165, 1.54) is 0 Å². The zero-order valence-electron chi connectivity index (χ0n) is 14.8. The largest absolute Gasteiger partial charge is 0.277 e. The van der Waals surface area contributed by atoms with Crippen LogP contribution in [0, 0.1) is 6.92 Å².